The predicted molar refractivity (Wildman–Crippen MR) is 61.8 cm³/mol. The Morgan fingerprint density at radius 3 is 2.71 bits per heavy atom. The molecule has 1 heterocycles. The molecule has 0 radical (unpaired) electrons. The molecule has 1 unspecified atom stereocenters. The van der Waals surface area contributed by atoms with Crippen molar-refractivity contribution >= 4 is 11.5 Å². The molecular formula is C11H14N2O4. The molecule has 0 aliphatic heterocycles. The van der Waals surface area contributed by atoms with Crippen LogP contribution < -0.4 is 5.56 Å². The first-order valence-corrected chi connectivity index (χ1v) is 5.33. The number of carbonyl (C=O) groups is 1. The van der Waals surface area contributed by atoms with Crippen LogP contribution in [0.4, 0.5) is 5.69 Å². The molecule has 0 aromatic carbocycles. The van der Waals surface area contributed by atoms with Crippen molar-refractivity contribution < 1.29 is 9.72 Å². The third-order valence-electron chi connectivity index (χ3n) is 2.67. The highest BCUT2D eigenvalue weighted by molar-refractivity contribution is 5.80. The van der Waals surface area contributed by atoms with E-state index in [1.807, 2.05) is 6.92 Å². The summed E-state index contributed by atoms with van der Waals surface area (Å²) in [5.74, 6) is -0.253. The Bertz CT molecular complexity index is 492. The summed E-state index contributed by atoms with van der Waals surface area (Å²) >= 11 is 0. The highest BCUT2D eigenvalue weighted by atomic mass is 16.6. The second kappa shape index (κ2) is 5.38. The molecule has 0 bridgehead atoms. The molecule has 0 amide bonds. The summed E-state index contributed by atoms with van der Waals surface area (Å²) in [4.78, 5) is 33.0. The van der Waals surface area contributed by atoms with Gasteiger partial charge in [0.1, 0.15) is 0 Å². The summed E-state index contributed by atoms with van der Waals surface area (Å²) in [5, 5.41) is 10.5. The van der Waals surface area contributed by atoms with Crippen LogP contribution in [-0.4, -0.2) is 15.3 Å². The van der Waals surface area contributed by atoms with Crippen molar-refractivity contribution in [2.75, 3.05) is 0 Å². The zero-order valence-electron chi connectivity index (χ0n) is 9.75. The zero-order chi connectivity index (χ0) is 13.0. The fourth-order valence-corrected chi connectivity index (χ4v) is 1.30. The molecule has 0 spiro atoms. The summed E-state index contributed by atoms with van der Waals surface area (Å²) in [5.41, 5.74) is -0.603. The minimum atomic E-state index is -0.594. The standard InChI is InChI=1S/C11H14N2O4/c1-3-8(2)10(14)7-12-6-9(13(16)17)4-5-11(12)15/h4-6,8H,3,7H2,1-2H3. The number of nitro groups is 1. The number of ketones is 1. The maximum atomic E-state index is 11.6. The van der Waals surface area contributed by atoms with E-state index >= 15 is 0 Å². The van der Waals surface area contributed by atoms with Gasteiger partial charge in [-0.3, -0.25) is 19.7 Å². The lowest BCUT2D eigenvalue weighted by atomic mass is 10.0. The zero-order valence-corrected chi connectivity index (χ0v) is 9.75. The van der Waals surface area contributed by atoms with Gasteiger partial charge in [-0.05, 0) is 6.42 Å². The van der Waals surface area contributed by atoms with E-state index in [1.54, 1.807) is 6.92 Å². The van der Waals surface area contributed by atoms with E-state index in [9.17, 15) is 19.7 Å². The second-order valence-electron chi connectivity index (χ2n) is 3.89. The van der Waals surface area contributed by atoms with Crippen molar-refractivity contribution in [1.29, 1.82) is 0 Å². The van der Waals surface area contributed by atoms with Crippen LogP contribution in [0.2, 0.25) is 0 Å². The lowest BCUT2D eigenvalue weighted by Crippen LogP contribution is -2.26. The van der Waals surface area contributed by atoms with Gasteiger partial charge in [0.05, 0.1) is 17.7 Å². The minimum absolute atomic E-state index is 0.102. The van der Waals surface area contributed by atoms with Crippen LogP contribution in [0.1, 0.15) is 20.3 Å². The Labute approximate surface area is 98.0 Å². The van der Waals surface area contributed by atoms with Gasteiger partial charge in [0, 0.05) is 18.1 Å². The number of nitrogens with zero attached hydrogens (tertiary/aromatic N) is 2. The van der Waals surface area contributed by atoms with E-state index in [0.29, 0.717) is 6.42 Å². The van der Waals surface area contributed by atoms with E-state index < -0.39 is 10.5 Å². The molecule has 1 atom stereocenters. The van der Waals surface area contributed by atoms with Gasteiger partial charge in [-0.2, -0.15) is 0 Å². The molecule has 0 N–H and O–H groups in total. The summed E-state index contributed by atoms with van der Waals surface area (Å²) in [6, 6.07) is 2.23. The fraction of sp³-hybridized carbons (Fsp3) is 0.455. The Hall–Kier alpha value is -1.98. The number of hydrogen-bond donors (Lipinski definition) is 0. The third kappa shape index (κ3) is 3.24. The van der Waals surface area contributed by atoms with Crippen LogP contribution in [0, 0.1) is 16.0 Å². The number of pyridine rings is 1. The third-order valence-corrected chi connectivity index (χ3v) is 2.67. The van der Waals surface area contributed by atoms with Crippen molar-refractivity contribution in [3.63, 3.8) is 0 Å². The largest absolute Gasteiger partial charge is 0.301 e. The van der Waals surface area contributed by atoms with Gasteiger partial charge in [-0.1, -0.05) is 13.8 Å². The topological polar surface area (TPSA) is 82.2 Å². The van der Waals surface area contributed by atoms with Gasteiger partial charge in [-0.15, -0.1) is 0 Å². The second-order valence-corrected chi connectivity index (χ2v) is 3.89. The SMILES string of the molecule is CCC(C)C(=O)Cn1cc([N+](=O)[O-])ccc1=O. The number of rotatable bonds is 5. The Morgan fingerprint density at radius 2 is 2.18 bits per heavy atom. The van der Waals surface area contributed by atoms with Gasteiger partial charge in [0.25, 0.3) is 11.2 Å². The molecule has 1 rings (SSSR count). The maximum absolute atomic E-state index is 11.6. The fourth-order valence-electron chi connectivity index (χ4n) is 1.30. The number of Topliss-reactive ketones (excluding diaryl/α,β-unsaturated/α-hetero) is 1. The molecular weight excluding hydrogens is 224 g/mol. The van der Waals surface area contributed by atoms with Gasteiger partial charge >= 0.3 is 0 Å². The van der Waals surface area contributed by atoms with Crippen LogP contribution in [0.3, 0.4) is 0 Å². The molecule has 1 aromatic rings. The smallest absolute Gasteiger partial charge is 0.285 e. The molecule has 6 nitrogen and oxygen atoms in total. The van der Waals surface area contributed by atoms with E-state index in [0.717, 1.165) is 22.9 Å². The monoisotopic (exact) mass is 238 g/mol. The maximum Gasteiger partial charge on any atom is 0.285 e. The van der Waals surface area contributed by atoms with Crippen LogP contribution in [-0.2, 0) is 11.3 Å². The normalized spacial score (nSPS) is 12.1. The highest BCUT2D eigenvalue weighted by Crippen LogP contribution is 2.08. The summed E-state index contributed by atoms with van der Waals surface area (Å²) in [6.45, 7) is 3.53. The van der Waals surface area contributed by atoms with Gasteiger partial charge in [0.2, 0.25) is 0 Å². The van der Waals surface area contributed by atoms with Crippen molar-refractivity contribution in [3.05, 3.63) is 38.8 Å². The molecule has 0 saturated carbocycles. The average molecular weight is 238 g/mol. The number of carbonyl (C=O) groups excluding carboxylic acids is 1. The molecule has 17 heavy (non-hydrogen) atoms. The average Bonchev–Trinajstić information content (AvgIpc) is 2.30. The van der Waals surface area contributed by atoms with Crippen molar-refractivity contribution in [3.8, 4) is 0 Å². The lowest BCUT2D eigenvalue weighted by Gasteiger charge is -2.08. The summed E-state index contributed by atoms with van der Waals surface area (Å²) in [6.07, 6.45) is 1.78. The first-order chi connectivity index (χ1) is 7.95. The molecule has 0 fully saturated rings. The van der Waals surface area contributed by atoms with E-state index in [1.165, 1.54) is 0 Å². The van der Waals surface area contributed by atoms with Crippen molar-refractivity contribution in [1.82, 2.24) is 4.57 Å². The molecule has 0 aliphatic rings. The van der Waals surface area contributed by atoms with Crippen LogP contribution in [0.15, 0.2) is 23.1 Å². The predicted octanol–water partition coefficient (Wildman–Crippen LogP) is 1.37. The summed E-state index contributed by atoms with van der Waals surface area (Å²) < 4.78 is 1.08. The van der Waals surface area contributed by atoms with Crippen LogP contribution >= 0.6 is 0 Å². The molecule has 92 valence electrons. The molecule has 0 aliphatic carbocycles. The minimum Gasteiger partial charge on any atom is -0.301 e. The number of aromatic nitrogens is 1. The van der Waals surface area contributed by atoms with Crippen molar-refractivity contribution in [2.24, 2.45) is 5.92 Å². The van der Waals surface area contributed by atoms with Crippen molar-refractivity contribution in [2.45, 2.75) is 26.8 Å². The highest BCUT2D eigenvalue weighted by Gasteiger charge is 2.14. The number of hydrogen-bond acceptors (Lipinski definition) is 4. The van der Waals surface area contributed by atoms with Crippen LogP contribution in [0.5, 0.6) is 0 Å². The van der Waals surface area contributed by atoms with Gasteiger partial charge in [-0.25, -0.2) is 0 Å². The first-order valence-electron chi connectivity index (χ1n) is 5.33. The Balaban J connectivity index is 2.98. The van der Waals surface area contributed by atoms with Gasteiger partial charge < -0.3 is 4.57 Å². The summed E-state index contributed by atoms with van der Waals surface area (Å²) in [7, 11) is 0. The Kier molecular flexibility index (Phi) is 4.14. The quantitative estimate of drug-likeness (QED) is 0.573. The van der Waals surface area contributed by atoms with E-state index in [-0.39, 0.29) is 23.9 Å². The first kappa shape index (κ1) is 13.1. The van der Waals surface area contributed by atoms with E-state index in [4.69, 9.17) is 0 Å². The molecule has 0 saturated heterocycles. The molecule has 6 heteroatoms. The Morgan fingerprint density at radius 1 is 1.53 bits per heavy atom. The molecule has 1 aromatic heterocycles. The van der Waals surface area contributed by atoms with Gasteiger partial charge in [0.15, 0.2) is 5.78 Å². The van der Waals surface area contributed by atoms with E-state index in [2.05, 4.69) is 0 Å². The lowest BCUT2D eigenvalue weighted by molar-refractivity contribution is -0.385. The van der Waals surface area contributed by atoms with Crippen LogP contribution in [0.25, 0.3) is 0 Å².